The van der Waals surface area contributed by atoms with Gasteiger partial charge in [0.15, 0.2) is 0 Å². The van der Waals surface area contributed by atoms with Crippen LogP contribution in [-0.2, 0) is 0 Å². The summed E-state index contributed by atoms with van der Waals surface area (Å²) in [6.07, 6.45) is 0. The van der Waals surface area contributed by atoms with Gasteiger partial charge in [0.2, 0.25) is 5.88 Å². The number of aromatic nitrogens is 1. The number of nitrogen functional groups attached to an aromatic ring is 1. The minimum atomic E-state index is 0.480. The maximum absolute atomic E-state index is 8.73. The second-order valence-electron chi connectivity index (χ2n) is 2.31. The molecule has 0 fully saturated rings. The Labute approximate surface area is 82.3 Å². The van der Waals surface area contributed by atoms with Crippen molar-refractivity contribution < 1.29 is 4.74 Å². The maximum Gasteiger partial charge on any atom is 0.236 e. The van der Waals surface area contributed by atoms with E-state index in [0.717, 1.165) is 9.40 Å². The molecule has 0 aliphatic carbocycles. The zero-order chi connectivity index (χ0) is 9.42. The third-order valence-electron chi connectivity index (χ3n) is 1.63. The number of nitrogens with two attached hydrogens (primary N) is 1. The lowest BCUT2D eigenvalue weighted by atomic mass is 10.3. The van der Waals surface area contributed by atoms with Gasteiger partial charge in [0.05, 0.1) is 18.2 Å². The molecule has 2 heterocycles. The quantitative estimate of drug-likeness (QED) is 0.781. The Morgan fingerprint density at radius 2 is 2.38 bits per heavy atom. The van der Waals surface area contributed by atoms with Crippen molar-refractivity contribution in [2.45, 2.75) is 0 Å². The van der Waals surface area contributed by atoms with Crippen LogP contribution in [0, 0.1) is 11.3 Å². The Hall–Kier alpha value is -1.32. The van der Waals surface area contributed by atoms with Crippen molar-refractivity contribution in [2.75, 3.05) is 12.8 Å². The largest absolute Gasteiger partial charge is 0.480 e. The Morgan fingerprint density at radius 3 is 3.00 bits per heavy atom. The molecule has 2 aromatic heterocycles. The van der Waals surface area contributed by atoms with Crippen molar-refractivity contribution >= 4 is 38.0 Å². The van der Waals surface area contributed by atoms with Crippen molar-refractivity contribution in [1.82, 2.24) is 4.37 Å². The van der Waals surface area contributed by atoms with E-state index in [4.69, 9.17) is 15.7 Å². The van der Waals surface area contributed by atoms with Gasteiger partial charge >= 0.3 is 0 Å². The van der Waals surface area contributed by atoms with Gasteiger partial charge < -0.3 is 10.5 Å². The summed E-state index contributed by atoms with van der Waals surface area (Å²) in [7, 11) is 1.54. The molecule has 0 bridgehead atoms. The normalized spacial score (nSPS) is 10.2. The summed E-state index contributed by atoms with van der Waals surface area (Å²) in [5.74, 6) is 0.509. The van der Waals surface area contributed by atoms with Crippen molar-refractivity contribution in [3.05, 3.63) is 4.88 Å². The number of hydrogen-bond acceptors (Lipinski definition) is 6. The first kappa shape index (κ1) is 8.29. The monoisotopic (exact) mass is 211 g/mol. The van der Waals surface area contributed by atoms with Crippen molar-refractivity contribution in [1.29, 1.82) is 5.26 Å². The number of nitrogens with zero attached hydrogens (tertiary/aromatic N) is 2. The highest BCUT2D eigenvalue weighted by Gasteiger charge is 2.16. The standard InChI is InChI=1S/C7H5N3OS2/c1-11-6-4-5(9)3(2-8)12-7(4)13-10-6/h9H2,1H3. The van der Waals surface area contributed by atoms with Crippen LogP contribution in [0.4, 0.5) is 5.69 Å². The molecule has 4 nitrogen and oxygen atoms in total. The summed E-state index contributed by atoms with van der Waals surface area (Å²) >= 11 is 2.65. The van der Waals surface area contributed by atoms with Gasteiger partial charge in [0.25, 0.3) is 0 Å². The molecule has 0 aliphatic heterocycles. The highest BCUT2D eigenvalue weighted by Crippen LogP contribution is 2.41. The number of rotatable bonds is 1. The Kier molecular flexibility index (Phi) is 1.83. The van der Waals surface area contributed by atoms with Gasteiger partial charge in [0, 0.05) is 0 Å². The Balaban J connectivity index is 2.81. The van der Waals surface area contributed by atoms with Crippen LogP contribution >= 0.6 is 22.9 Å². The fourth-order valence-electron chi connectivity index (χ4n) is 1.04. The number of ether oxygens (including phenoxy) is 1. The van der Waals surface area contributed by atoms with Gasteiger partial charge in [-0.15, -0.1) is 11.3 Å². The van der Waals surface area contributed by atoms with E-state index in [0.29, 0.717) is 16.4 Å². The molecule has 0 spiro atoms. The summed E-state index contributed by atoms with van der Waals surface area (Å²) in [6.45, 7) is 0. The van der Waals surface area contributed by atoms with E-state index in [1.165, 1.54) is 30.0 Å². The number of methoxy groups -OCH3 is 1. The molecule has 2 N–H and O–H groups in total. The zero-order valence-electron chi connectivity index (χ0n) is 6.70. The second-order valence-corrected chi connectivity index (χ2v) is 4.36. The summed E-state index contributed by atoms with van der Waals surface area (Å²) in [5, 5.41) is 9.50. The number of thiophene rings is 1. The summed E-state index contributed by atoms with van der Waals surface area (Å²) in [5.41, 5.74) is 6.22. The number of nitriles is 1. The molecule has 0 unspecified atom stereocenters. The molecular formula is C7H5N3OS2. The minimum absolute atomic E-state index is 0.480. The van der Waals surface area contributed by atoms with Crippen molar-refractivity contribution in [3.8, 4) is 11.9 Å². The molecule has 6 heteroatoms. The average Bonchev–Trinajstić information content (AvgIpc) is 2.66. The molecule has 0 atom stereocenters. The van der Waals surface area contributed by atoms with Gasteiger partial charge in [-0.25, -0.2) is 0 Å². The highest BCUT2D eigenvalue weighted by molar-refractivity contribution is 7.36. The lowest BCUT2D eigenvalue weighted by Gasteiger charge is -1.92. The molecule has 2 aromatic rings. The Morgan fingerprint density at radius 1 is 1.62 bits per heavy atom. The van der Waals surface area contributed by atoms with Crippen LogP contribution in [0.2, 0.25) is 0 Å². The lowest BCUT2D eigenvalue weighted by Crippen LogP contribution is -1.87. The molecule has 2 rings (SSSR count). The van der Waals surface area contributed by atoms with Gasteiger partial charge in [-0.05, 0) is 11.5 Å². The summed E-state index contributed by atoms with van der Waals surface area (Å²) in [6, 6.07) is 2.04. The van der Waals surface area contributed by atoms with Gasteiger partial charge in [0.1, 0.15) is 15.0 Å². The second kappa shape index (κ2) is 2.87. The molecule has 0 saturated heterocycles. The first-order valence-electron chi connectivity index (χ1n) is 3.39. The highest BCUT2D eigenvalue weighted by atomic mass is 32.2. The number of anilines is 1. The van der Waals surface area contributed by atoms with Crippen LogP contribution in [0.1, 0.15) is 4.88 Å². The lowest BCUT2D eigenvalue weighted by molar-refractivity contribution is 0.407. The number of hydrogen-bond donors (Lipinski definition) is 1. The first-order chi connectivity index (χ1) is 6.27. The third-order valence-corrected chi connectivity index (χ3v) is 3.64. The zero-order valence-corrected chi connectivity index (χ0v) is 8.33. The molecule has 0 radical (unpaired) electrons. The van der Waals surface area contributed by atoms with Crippen molar-refractivity contribution in [2.24, 2.45) is 0 Å². The molecule has 0 aromatic carbocycles. The Bertz CT molecular complexity index is 494. The molecular weight excluding hydrogens is 206 g/mol. The predicted octanol–water partition coefficient (Wildman–Crippen LogP) is 1.82. The van der Waals surface area contributed by atoms with Crippen LogP contribution < -0.4 is 10.5 Å². The van der Waals surface area contributed by atoms with E-state index in [1.807, 2.05) is 6.07 Å². The first-order valence-corrected chi connectivity index (χ1v) is 4.98. The van der Waals surface area contributed by atoms with Crippen LogP contribution in [0.5, 0.6) is 5.88 Å². The molecule has 66 valence electrons. The third kappa shape index (κ3) is 1.05. The van der Waals surface area contributed by atoms with E-state index < -0.39 is 0 Å². The van der Waals surface area contributed by atoms with E-state index in [9.17, 15) is 0 Å². The van der Waals surface area contributed by atoms with E-state index in [-0.39, 0.29) is 0 Å². The fraction of sp³-hybridized carbons (Fsp3) is 0.143. The maximum atomic E-state index is 8.73. The van der Waals surface area contributed by atoms with Gasteiger partial charge in [-0.1, -0.05) is 0 Å². The van der Waals surface area contributed by atoms with Crippen molar-refractivity contribution in [3.63, 3.8) is 0 Å². The molecule has 13 heavy (non-hydrogen) atoms. The average molecular weight is 211 g/mol. The molecule has 0 saturated carbocycles. The topological polar surface area (TPSA) is 71.9 Å². The summed E-state index contributed by atoms with van der Waals surface area (Å²) < 4.78 is 10.0. The predicted molar refractivity (Wildman–Crippen MR) is 53.2 cm³/mol. The van der Waals surface area contributed by atoms with Crippen LogP contribution in [-0.4, -0.2) is 11.5 Å². The number of fused-ring (bicyclic) bond motifs is 1. The smallest absolute Gasteiger partial charge is 0.236 e. The fourth-order valence-corrected chi connectivity index (χ4v) is 2.91. The van der Waals surface area contributed by atoms with Crippen LogP contribution in [0.25, 0.3) is 9.40 Å². The van der Waals surface area contributed by atoms with E-state index in [1.54, 1.807) is 0 Å². The van der Waals surface area contributed by atoms with Crippen LogP contribution in [0.15, 0.2) is 0 Å². The van der Waals surface area contributed by atoms with E-state index >= 15 is 0 Å². The minimum Gasteiger partial charge on any atom is -0.480 e. The van der Waals surface area contributed by atoms with Gasteiger partial charge in [-0.2, -0.15) is 9.64 Å². The van der Waals surface area contributed by atoms with Crippen LogP contribution in [0.3, 0.4) is 0 Å². The summed E-state index contributed by atoms with van der Waals surface area (Å²) in [4.78, 5) is 0.530. The SMILES string of the molecule is COc1nsc2sc(C#N)c(N)c12. The molecule has 0 amide bonds. The molecule has 0 aliphatic rings. The van der Waals surface area contributed by atoms with Gasteiger partial charge in [-0.3, -0.25) is 0 Å². The van der Waals surface area contributed by atoms with E-state index in [2.05, 4.69) is 4.37 Å².